The summed E-state index contributed by atoms with van der Waals surface area (Å²) in [7, 11) is 1.79. The fourth-order valence-corrected chi connectivity index (χ4v) is 2.47. The lowest BCUT2D eigenvalue weighted by molar-refractivity contribution is 0.429. The molecular formula is C8H15N5S. The minimum Gasteiger partial charge on any atom is -0.313 e. The summed E-state index contributed by atoms with van der Waals surface area (Å²) in [5.41, 5.74) is 0. The van der Waals surface area contributed by atoms with E-state index in [0.29, 0.717) is 6.04 Å². The molecule has 1 aromatic rings. The van der Waals surface area contributed by atoms with Crippen LogP contribution < -0.4 is 5.32 Å². The SMILES string of the molecule is Cn1nnc(SCC2CCCCN2)n1. The predicted molar refractivity (Wildman–Crippen MR) is 55.2 cm³/mol. The molecule has 1 N–H and O–H groups in total. The van der Waals surface area contributed by atoms with E-state index in [-0.39, 0.29) is 0 Å². The van der Waals surface area contributed by atoms with Gasteiger partial charge in [-0.15, -0.1) is 10.2 Å². The monoisotopic (exact) mass is 213 g/mol. The van der Waals surface area contributed by atoms with E-state index < -0.39 is 0 Å². The number of nitrogens with zero attached hydrogens (tertiary/aromatic N) is 4. The van der Waals surface area contributed by atoms with Crippen molar-refractivity contribution in [2.75, 3.05) is 12.3 Å². The summed E-state index contributed by atoms with van der Waals surface area (Å²) >= 11 is 1.68. The second kappa shape index (κ2) is 4.75. The van der Waals surface area contributed by atoms with Crippen LogP contribution in [0.4, 0.5) is 0 Å². The zero-order valence-electron chi connectivity index (χ0n) is 8.31. The summed E-state index contributed by atoms with van der Waals surface area (Å²) in [4.78, 5) is 1.50. The van der Waals surface area contributed by atoms with Crippen LogP contribution in [-0.2, 0) is 7.05 Å². The first kappa shape index (κ1) is 9.92. The van der Waals surface area contributed by atoms with Crippen molar-refractivity contribution in [2.24, 2.45) is 7.05 Å². The van der Waals surface area contributed by atoms with Crippen molar-refractivity contribution in [3.05, 3.63) is 0 Å². The molecule has 0 bridgehead atoms. The third-order valence-electron chi connectivity index (χ3n) is 2.32. The number of hydrogen-bond donors (Lipinski definition) is 1. The lowest BCUT2D eigenvalue weighted by Crippen LogP contribution is -2.35. The predicted octanol–water partition coefficient (Wildman–Crippen LogP) is 0.444. The highest BCUT2D eigenvalue weighted by Crippen LogP contribution is 2.16. The summed E-state index contributed by atoms with van der Waals surface area (Å²) in [6, 6.07) is 0.623. The molecule has 0 aromatic carbocycles. The normalized spacial score (nSPS) is 22.5. The van der Waals surface area contributed by atoms with Crippen LogP contribution in [0.25, 0.3) is 0 Å². The van der Waals surface area contributed by atoms with Gasteiger partial charge in [-0.3, -0.25) is 0 Å². The van der Waals surface area contributed by atoms with Crippen molar-refractivity contribution in [1.82, 2.24) is 25.5 Å². The highest BCUT2D eigenvalue weighted by Gasteiger charge is 2.13. The first-order valence-electron chi connectivity index (χ1n) is 4.95. The van der Waals surface area contributed by atoms with Gasteiger partial charge in [0.1, 0.15) is 0 Å². The summed E-state index contributed by atoms with van der Waals surface area (Å²) in [5, 5.41) is 16.1. The summed E-state index contributed by atoms with van der Waals surface area (Å²) in [6.45, 7) is 1.15. The molecule has 1 atom stereocenters. The van der Waals surface area contributed by atoms with E-state index in [0.717, 1.165) is 17.5 Å². The molecule has 5 nitrogen and oxygen atoms in total. The number of nitrogens with one attached hydrogen (secondary N) is 1. The van der Waals surface area contributed by atoms with Gasteiger partial charge in [-0.2, -0.15) is 4.80 Å². The second-order valence-corrected chi connectivity index (χ2v) is 4.51. The summed E-state index contributed by atoms with van der Waals surface area (Å²) < 4.78 is 0. The Bertz CT molecular complexity index is 281. The van der Waals surface area contributed by atoms with Crippen LogP contribution in [0.5, 0.6) is 0 Å². The zero-order valence-corrected chi connectivity index (χ0v) is 9.13. The van der Waals surface area contributed by atoms with Crippen LogP contribution in [0.3, 0.4) is 0 Å². The fourth-order valence-electron chi connectivity index (χ4n) is 1.57. The maximum absolute atomic E-state index is 4.12. The molecule has 0 spiro atoms. The van der Waals surface area contributed by atoms with E-state index in [1.165, 1.54) is 24.1 Å². The highest BCUT2D eigenvalue weighted by molar-refractivity contribution is 7.99. The molecule has 78 valence electrons. The molecule has 2 heterocycles. The molecule has 0 radical (unpaired) electrons. The Kier molecular flexibility index (Phi) is 3.36. The zero-order chi connectivity index (χ0) is 9.80. The highest BCUT2D eigenvalue weighted by atomic mass is 32.2. The standard InChI is InChI=1S/C8H15N5S/c1-13-11-8(10-12-13)14-6-7-4-2-3-5-9-7/h7,9H,2-6H2,1H3. The van der Waals surface area contributed by atoms with Crippen molar-refractivity contribution < 1.29 is 0 Å². The molecule has 6 heteroatoms. The van der Waals surface area contributed by atoms with Crippen LogP contribution in [0.15, 0.2) is 5.16 Å². The van der Waals surface area contributed by atoms with E-state index >= 15 is 0 Å². The number of aryl methyl sites for hydroxylation is 1. The van der Waals surface area contributed by atoms with Gasteiger partial charge >= 0.3 is 0 Å². The number of thioether (sulfide) groups is 1. The second-order valence-electron chi connectivity index (χ2n) is 3.52. The van der Waals surface area contributed by atoms with Gasteiger partial charge < -0.3 is 5.32 Å². The Morgan fingerprint density at radius 3 is 3.14 bits per heavy atom. The van der Waals surface area contributed by atoms with Crippen molar-refractivity contribution in [1.29, 1.82) is 0 Å². The number of hydrogen-bond acceptors (Lipinski definition) is 5. The topological polar surface area (TPSA) is 55.6 Å². The molecular weight excluding hydrogens is 198 g/mol. The average Bonchev–Trinajstić information content (AvgIpc) is 2.63. The Morgan fingerprint density at radius 2 is 2.50 bits per heavy atom. The van der Waals surface area contributed by atoms with E-state index in [2.05, 4.69) is 20.7 Å². The van der Waals surface area contributed by atoms with Crippen LogP contribution in [0.1, 0.15) is 19.3 Å². The molecule has 0 saturated carbocycles. The first-order valence-corrected chi connectivity index (χ1v) is 5.93. The van der Waals surface area contributed by atoms with Crippen LogP contribution in [-0.4, -0.2) is 38.5 Å². The van der Waals surface area contributed by atoms with Crippen molar-refractivity contribution >= 4 is 11.8 Å². The van der Waals surface area contributed by atoms with Gasteiger partial charge in [0.2, 0.25) is 5.16 Å². The maximum Gasteiger partial charge on any atom is 0.231 e. The number of aromatic nitrogens is 4. The molecule has 2 rings (SSSR count). The quantitative estimate of drug-likeness (QED) is 0.739. The molecule has 1 saturated heterocycles. The van der Waals surface area contributed by atoms with Crippen molar-refractivity contribution in [3.63, 3.8) is 0 Å². The third kappa shape index (κ3) is 2.68. The molecule has 1 unspecified atom stereocenters. The first-order chi connectivity index (χ1) is 6.84. The van der Waals surface area contributed by atoms with Gasteiger partial charge in [0.05, 0.1) is 7.05 Å². The Balaban J connectivity index is 1.76. The Morgan fingerprint density at radius 1 is 1.57 bits per heavy atom. The maximum atomic E-state index is 4.12. The fraction of sp³-hybridized carbons (Fsp3) is 0.875. The van der Waals surface area contributed by atoms with Crippen molar-refractivity contribution in [2.45, 2.75) is 30.5 Å². The third-order valence-corrected chi connectivity index (χ3v) is 3.31. The lowest BCUT2D eigenvalue weighted by Gasteiger charge is -2.22. The molecule has 1 fully saturated rings. The number of rotatable bonds is 3. The number of tetrazole rings is 1. The van der Waals surface area contributed by atoms with Crippen LogP contribution >= 0.6 is 11.8 Å². The van der Waals surface area contributed by atoms with Gasteiger partial charge in [-0.05, 0) is 24.6 Å². The van der Waals surface area contributed by atoms with Crippen molar-refractivity contribution in [3.8, 4) is 0 Å². The average molecular weight is 213 g/mol. The smallest absolute Gasteiger partial charge is 0.231 e. The van der Waals surface area contributed by atoms with Gasteiger partial charge in [0.15, 0.2) is 0 Å². The molecule has 0 aliphatic carbocycles. The minimum absolute atomic E-state index is 0.623. The number of piperidine rings is 1. The van der Waals surface area contributed by atoms with Gasteiger partial charge in [0, 0.05) is 11.8 Å². The molecule has 1 aliphatic rings. The van der Waals surface area contributed by atoms with Gasteiger partial charge in [0.25, 0.3) is 0 Å². The largest absolute Gasteiger partial charge is 0.313 e. The van der Waals surface area contributed by atoms with E-state index in [4.69, 9.17) is 0 Å². The summed E-state index contributed by atoms with van der Waals surface area (Å²) in [5.74, 6) is 1.05. The minimum atomic E-state index is 0.623. The molecule has 1 aromatic heterocycles. The molecule has 14 heavy (non-hydrogen) atoms. The Labute approximate surface area is 87.6 Å². The lowest BCUT2D eigenvalue weighted by atomic mass is 10.1. The molecule has 0 amide bonds. The Hall–Kier alpha value is -0.620. The van der Waals surface area contributed by atoms with Crippen LogP contribution in [0, 0.1) is 0 Å². The van der Waals surface area contributed by atoms with E-state index in [9.17, 15) is 0 Å². The van der Waals surface area contributed by atoms with E-state index in [1.54, 1.807) is 18.8 Å². The van der Waals surface area contributed by atoms with Gasteiger partial charge in [-0.25, -0.2) is 0 Å². The van der Waals surface area contributed by atoms with Crippen LogP contribution in [0.2, 0.25) is 0 Å². The summed E-state index contributed by atoms with van der Waals surface area (Å²) in [6.07, 6.45) is 3.92. The van der Waals surface area contributed by atoms with Gasteiger partial charge in [-0.1, -0.05) is 18.2 Å². The molecule has 1 aliphatic heterocycles. The van der Waals surface area contributed by atoms with E-state index in [1.807, 2.05) is 0 Å².